The predicted molar refractivity (Wildman–Crippen MR) is 133 cm³/mol. The minimum atomic E-state index is -0.264. The first-order valence-corrected chi connectivity index (χ1v) is 12.3. The highest BCUT2D eigenvalue weighted by atomic mass is 32.1. The van der Waals surface area contributed by atoms with Crippen molar-refractivity contribution in [1.82, 2.24) is 15.2 Å². The lowest BCUT2D eigenvalue weighted by atomic mass is 9.97. The van der Waals surface area contributed by atoms with Gasteiger partial charge in [0.1, 0.15) is 0 Å². The summed E-state index contributed by atoms with van der Waals surface area (Å²) in [5, 5.41) is 8.15. The van der Waals surface area contributed by atoms with Crippen LogP contribution >= 0.6 is 11.3 Å². The standard InChI is InChI=1S/C26H30N4O2S/c1-18-10-14-30(15-11-18)22(23-7-4-16-33-23)17-28-26(32)21-6-3-5-19(2)24(21)29-25(31)20-8-12-27-13-9-20/h3-9,12-13,16,18,22H,10-11,14-15,17H2,1-2H3,(H,28,32)(H,29,31). The number of anilines is 1. The molecule has 6 nitrogen and oxygen atoms in total. The summed E-state index contributed by atoms with van der Waals surface area (Å²) in [6, 6.07) is 13.2. The average Bonchev–Trinajstić information content (AvgIpc) is 3.36. The largest absolute Gasteiger partial charge is 0.350 e. The number of carbonyl (C=O) groups excluding carboxylic acids is 2. The SMILES string of the molecule is Cc1cccc(C(=O)NCC(c2cccs2)N2CCC(C)CC2)c1NC(=O)c1ccncc1. The molecule has 2 amide bonds. The Kier molecular flexibility index (Phi) is 7.52. The van der Waals surface area contributed by atoms with Crippen molar-refractivity contribution in [2.75, 3.05) is 25.0 Å². The number of nitrogens with one attached hydrogen (secondary N) is 2. The molecule has 4 rings (SSSR count). The monoisotopic (exact) mass is 462 g/mol. The van der Waals surface area contributed by atoms with Gasteiger partial charge in [-0.3, -0.25) is 19.5 Å². The molecule has 1 unspecified atom stereocenters. The average molecular weight is 463 g/mol. The second-order valence-corrected chi connectivity index (χ2v) is 9.63. The van der Waals surface area contributed by atoms with Gasteiger partial charge in [-0.25, -0.2) is 0 Å². The molecule has 33 heavy (non-hydrogen) atoms. The number of carbonyl (C=O) groups is 2. The first-order chi connectivity index (χ1) is 16.0. The molecule has 2 aromatic heterocycles. The van der Waals surface area contributed by atoms with Gasteiger partial charge in [0.25, 0.3) is 11.8 Å². The lowest BCUT2D eigenvalue weighted by Gasteiger charge is -2.36. The highest BCUT2D eigenvalue weighted by Gasteiger charge is 2.26. The molecule has 1 atom stereocenters. The number of nitrogens with zero attached hydrogens (tertiary/aromatic N) is 2. The number of pyridine rings is 1. The summed E-state index contributed by atoms with van der Waals surface area (Å²) in [5.74, 6) is 0.300. The third-order valence-electron chi connectivity index (χ3n) is 6.29. The van der Waals surface area contributed by atoms with Crippen LogP contribution in [0.15, 0.2) is 60.2 Å². The Morgan fingerprint density at radius 3 is 2.55 bits per heavy atom. The molecule has 1 aliphatic rings. The summed E-state index contributed by atoms with van der Waals surface area (Å²) in [4.78, 5) is 33.7. The molecule has 3 aromatic rings. The second-order valence-electron chi connectivity index (χ2n) is 8.65. The summed E-state index contributed by atoms with van der Waals surface area (Å²) in [6.45, 7) is 6.80. The van der Waals surface area contributed by atoms with E-state index in [2.05, 4.69) is 45.0 Å². The summed E-state index contributed by atoms with van der Waals surface area (Å²) in [6.07, 6.45) is 5.51. The fourth-order valence-corrected chi connectivity index (χ4v) is 5.09. The van der Waals surface area contributed by atoms with Crippen molar-refractivity contribution in [3.05, 3.63) is 81.8 Å². The van der Waals surface area contributed by atoms with Gasteiger partial charge >= 0.3 is 0 Å². The molecule has 7 heteroatoms. The van der Waals surface area contributed by atoms with Crippen molar-refractivity contribution in [2.45, 2.75) is 32.7 Å². The van der Waals surface area contributed by atoms with Gasteiger partial charge in [-0.05, 0) is 74.0 Å². The quantitative estimate of drug-likeness (QED) is 0.523. The van der Waals surface area contributed by atoms with E-state index in [0.717, 1.165) is 24.6 Å². The van der Waals surface area contributed by atoms with Crippen molar-refractivity contribution in [2.24, 2.45) is 5.92 Å². The number of rotatable bonds is 7. The van der Waals surface area contributed by atoms with Crippen LogP contribution in [-0.2, 0) is 0 Å². The smallest absolute Gasteiger partial charge is 0.255 e. The molecular weight excluding hydrogens is 432 g/mol. The van der Waals surface area contributed by atoms with E-state index in [9.17, 15) is 9.59 Å². The first kappa shape index (κ1) is 23.1. The summed E-state index contributed by atoms with van der Waals surface area (Å²) >= 11 is 1.73. The number of aryl methyl sites for hydroxylation is 1. The van der Waals surface area contributed by atoms with E-state index >= 15 is 0 Å². The molecule has 3 heterocycles. The predicted octanol–water partition coefficient (Wildman–Crippen LogP) is 4.91. The fourth-order valence-electron chi connectivity index (χ4n) is 4.23. The van der Waals surface area contributed by atoms with Crippen LogP contribution in [0.1, 0.15) is 57.0 Å². The first-order valence-electron chi connectivity index (χ1n) is 11.4. The van der Waals surface area contributed by atoms with E-state index in [1.807, 2.05) is 19.1 Å². The second kappa shape index (κ2) is 10.7. The molecule has 2 N–H and O–H groups in total. The summed E-state index contributed by atoms with van der Waals surface area (Å²) in [5.41, 5.74) is 2.34. The zero-order valence-electron chi connectivity index (χ0n) is 19.1. The van der Waals surface area contributed by atoms with E-state index in [1.54, 1.807) is 41.9 Å². The maximum atomic E-state index is 13.3. The number of thiophene rings is 1. The number of para-hydroxylation sites is 1. The Morgan fingerprint density at radius 2 is 1.85 bits per heavy atom. The molecule has 0 bridgehead atoms. The number of hydrogen-bond donors (Lipinski definition) is 2. The van der Waals surface area contributed by atoms with Gasteiger partial charge in [-0.15, -0.1) is 11.3 Å². The van der Waals surface area contributed by atoms with Crippen LogP contribution in [0, 0.1) is 12.8 Å². The van der Waals surface area contributed by atoms with Gasteiger partial charge in [0, 0.05) is 29.4 Å². The van der Waals surface area contributed by atoms with Crippen LogP contribution in [0.5, 0.6) is 0 Å². The third-order valence-corrected chi connectivity index (χ3v) is 7.26. The van der Waals surface area contributed by atoms with Crippen molar-refractivity contribution < 1.29 is 9.59 Å². The lowest BCUT2D eigenvalue weighted by Crippen LogP contribution is -2.41. The highest BCUT2D eigenvalue weighted by Crippen LogP contribution is 2.29. The Hall–Kier alpha value is -3.03. The number of piperidine rings is 1. The molecule has 1 aliphatic heterocycles. The van der Waals surface area contributed by atoms with Crippen molar-refractivity contribution in [3.63, 3.8) is 0 Å². The van der Waals surface area contributed by atoms with E-state index in [-0.39, 0.29) is 17.9 Å². The Labute approximate surface area is 199 Å². The fraction of sp³-hybridized carbons (Fsp3) is 0.346. The molecular formula is C26H30N4O2S. The van der Waals surface area contributed by atoms with E-state index in [4.69, 9.17) is 0 Å². The van der Waals surface area contributed by atoms with Gasteiger partial charge in [0.15, 0.2) is 0 Å². The zero-order valence-corrected chi connectivity index (χ0v) is 19.9. The lowest BCUT2D eigenvalue weighted by molar-refractivity contribution is 0.0915. The third kappa shape index (κ3) is 5.67. The van der Waals surface area contributed by atoms with E-state index in [1.165, 1.54) is 17.7 Å². The molecule has 0 aliphatic carbocycles. The normalized spacial score (nSPS) is 15.7. The number of benzene rings is 1. The minimum Gasteiger partial charge on any atom is -0.350 e. The van der Waals surface area contributed by atoms with Crippen LogP contribution in [0.2, 0.25) is 0 Å². The van der Waals surface area contributed by atoms with Gasteiger partial charge in [0.2, 0.25) is 0 Å². The van der Waals surface area contributed by atoms with Crippen LogP contribution in [0.25, 0.3) is 0 Å². The minimum absolute atomic E-state index is 0.154. The number of amides is 2. The van der Waals surface area contributed by atoms with Crippen LogP contribution in [0.4, 0.5) is 5.69 Å². The van der Waals surface area contributed by atoms with E-state index < -0.39 is 0 Å². The maximum absolute atomic E-state index is 13.3. The Balaban J connectivity index is 1.49. The summed E-state index contributed by atoms with van der Waals surface area (Å²) in [7, 11) is 0. The topological polar surface area (TPSA) is 74.3 Å². The number of hydrogen-bond acceptors (Lipinski definition) is 5. The van der Waals surface area contributed by atoms with Crippen LogP contribution < -0.4 is 10.6 Å². The van der Waals surface area contributed by atoms with Crippen LogP contribution in [0.3, 0.4) is 0 Å². The Bertz CT molecular complexity index is 1080. The van der Waals surface area contributed by atoms with Crippen molar-refractivity contribution in [3.8, 4) is 0 Å². The van der Waals surface area contributed by atoms with Gasteiger partial charge < -0.3 is 10.6 Å². The van der Waals surface area contributed by atoms with Gasteiger partial charge in [-0.2, -0.15) is 0 Å². The number of aromatic nitrogens is 1. The molecule has 1 fully saturated rings. The highest BCUT2D eigenvalue weighted by molar-refractivity contribution is 7.10. The van der Waals surface area contributed by atoms with Gasteiger partial charge in [-0.1, -0.05) is 25.1 Å². The van der Waals surface area contributed by atoms with Crippen molar-refractivity contribution >= 4 is 28.8 Å². The Morgan fingerprint density at radius 1 is 1.09 bits per heavy atom. The van der Waals surface area contributed by atoms with Crippen molar-refractivity contribution in [1.29, 1.82) is 0 Å². The van der Waals surface area contributed by atoms with Gasteiger partial charge in [0.05, 0.1) is 17.3 Å². The summed E-state index contributed by atoms with van der Waals surface area (Å²) < 4.78 is 0. The molecule has 1 aromatic carbocycles. The van der Waals surface area contributed by atoms with Crippen LogP contribution in [-0.4, -0.2) is 41.3 Å². The van der Waals surface area contributed by atoms with E-state index in [0.29, 0.717) is 23.4 Å². The number of likely N-dealkylation sites (tertiary alicyclic amines) is 1. The molecule has 0 saturated carbocycles. The maximum Gasteiger partial charge on any atom is 0.255 e. The molecule has 1 saturated heterocycles. The molecule has 0 spiro atoms. The molecule has 0 radical (unpaired) electrons. The zero-order chi connectivity index (χ0) is 23.2. The molecule has 172 valence electrons.